The summed E-state index contributed by atoms with van der Waals surface area (Å²) in [6, 6.07) is 14.8. The van der Waals surface area contributed by atoms with Gasteiger partial charge in [-0.3, -0.25) is 14.2 Å². The summed E-state index contributed by atoms with van der Waals surface area (Å²) in [6.45, 7) is 0. The summed E-state index contributed by atoms with van der Waals surface area (Å²) < 4.78 is 12.2. The number of carbonyl (C=O) groups is 1. The number of aryl methyl sites for hydroxylation is 2. The first-order valence-corrected chi connectivity index (χ1v) is 13.7. The van der Waals surface area contributed by atoms with Gasteiger partial charge in [-0.1, -0.05) is 30.0 Å². The van der Waals surface area contributed by atoms with Crippen molar-refractivity contribution in [1.82, 2.24) is 15.0 Å². The molecule has 1 aliphatic carbocycles. The van der Waals surface area contributed by atoms with E-state index >= 15 is 0 Å². The van der Waals surface area contributed by atoms with Gasteiger partial charge in [0.05, 0.1) is 37.3 Å². The van der Waals surface area contributed by atoms with Crippen LogP contribution in [0.4, 0.5) is 0 Å². The van der Waals surface area contributed by atoms with Gasteiger partial charge in [0, 0.05) is 10.4 Å². The molecule has 5 rings (SSSR count). The zero-order valence-electron chi connectivity index (χ0n) is 20.5. The van der Waals surface area contributed by atoms with Gasteiger partial charge in [-0.05, 0) is 61.6 Å². The lowest BCUT2D eigenvalue weighted by Gasteiger charge is -2.13. The van der Waals surface area contributed by atoms with E-state index in [4.69, 9.17) is 14.5 Å². The van der Waals surface area contributed by atoms with E-state index in [0.29, 0.717) is 27.6 Å². The molecule has 0 bridgehead atoms. The minimum absolute atomic E-state index is 0.0441. The summed E-state index contributed by atoms with van der Waals surface area (Å²) in [5, 5.41) is 5.27. The van der Waals surface area contributed by atoms with Crippen LogP contribution in [-0.2, 0) is 17.6 Å². The molecule has 8 nitrogen and oxygen atoms in total. The van der Waals surface area contributed by atoms with Gasteiger partial charge < -0.3 is 9.47 Å². The molecular weight excluding hydrogens is 508 g/mol. The van der Waals surface area contributed by atoms with E-state index in [0.717, 1.165) is 41.8 Å². The molecule has 0 atom stereocenters. The van der Waals surface area contributed by atoms with Crippen molar-refractivity contribution in [1.29, 1.82) is 0 Å². The lowest BCUT2D eigenvalue weighted by atomic mass is 9.97. The topological polar surface area (TPSA) is 94.8 Å². The number of thioether (sulfide) groups is 1. The Kier molecular flexibility index (Phi) is 7.57. The Morgan fingerprint density at radius 3 is 2.76 bits per heavy atom. The number of rotatable bonds is 8. The maximum absolute atomic E-state index is 13.7. The Morgan fingerprint density at radius 1 is 1.16 bits per heavy atom. The highest BCUT2D eigenvalue weighted by atomic mass is 32.2. The van der Waals surface area contributed by atoms with Crippen LogP contribution in [0.5, 0.6) is 11.5 Å². The van der Waals surface area contributed by atoms with Gasteiger partial charge in [0.15, 0.2) is 5.16 Å². The molecule has 190 valence electrons. The standard InChI is InChI=1S/C27H26N4O4S2/c1-34-19-12-13-21(35-2)17(14-19)15-28-30-23(32)16-36-27-29-25-24(20-10-6-7-11-22(20)37-25)26(33)31(27)18-8-4-3-5-9-18/h3-5,8-9,12-15H,6-7,10-11,16H2,1-2H3,(H,30,32). The minimum atomic E-state index is -0.317. The quantitative estimate of drug-likeness (QED) is 0.154. The van der Waals surface area contributed by atoms with Crippen LogP contribution in [0.3, 0.4) is 0 Å². The van der Waals surface area contributed by atoms with Gasteiger partial charge in [0.2, 0.25) is 0 Å². The number of ether oxygens (including phenoxy) is 2. The number of hydrogen-bond acceptors (Lipinski definition) is 8. The van der Waals surface area contributed by atoms with Crippen LogP contribution in [0.2, 0.25) is 0 Å². The minimum Gasteiger partial charge on any atom is -0.497 e. The molecule has 2 heterocycles. The van der Waals surface area contributed by atoms with E-state index in [-0.39, 0.29) is 17.2 Å². The van der Waals surface area contributed by atoms with E-state index in [2.05, 4.69) is 10.5 Å². The van der Waals surface area contributed by atoms with E-state index < -0.39 is 0 Å². The van der Waals surface area contributed by atoms with E-state index in [1.165, 1.54) is 22.9 Å². The molecule has 1 aliphatic rings. The van der Waals surface area contributed by atoms with Crippen LogP contribution >= 0.6 is 23.1 Å². The monoisotopic (exact) mass is 534 g/mol. The lowest BCUT2D eigenvalue weighted by Crippen LogP contribution is -2.24. The summed E-state index contributed by atoms with van der Waals surface area (Å²) >= 11 is 2.81. The number of para-hydroxylation sites is 1. The fourth-order valence-electron chi connectivity index (χ4n) is 4.36. The Labute approximate surface area is 222 Å². The zero-order chi connectivity index (χ0) is 25.8. The van der Waals surface area contributed by atoms with E-state index in [1.54, 1.807) is 48.3 Å². The van der Waals surface area contributed by atoms with Gasteiger partial charge in [-0.25, -0.2) is 10.4 Å². The van der Waals surface area contributed by atoms with Crippen molar-refractivity contribution in [2.24, 2.45) is 5.10 Å². The second-order valence-corrected chi connectivity index (χ2v) is 10.5. The number of aromatic nitrogens is 2. The predicted molar refractivity (Wildman–Crippen MR) is 148 cm³/mol. The Hall–Kier alpha value is -3.63. The highest BCUT2D eigenvalue weighted by Gasteiger charge is 2.23. The first-order valence-electron chi connectivity index (χ1n) is 11.9. The normalized spacial score (nSPS) is 13.0. The van der Waals surface area contributed by atoms with Crippen molar-refractivity contribution >= 4 is 45.4 Å². The molecule has 0 fully saturated rings. The van der Waals surface area contributed by atoms with Crippen LogP contribution in [0, 0.1) is 0 Å². The highest BCUT2D eigenvalue weighted by molar-refractivity contribution is 7.99. The van der Waals surface area contributed by atoms with Crippen LogP contribution in [0.1, 0.15) is 28.8 Å². The molecule has 0 unspecified atom stereocenters. The largest absolute Gasteiger partial charge is 0.497 e. The Morgan fingerprint density at radius 2 is 1.97 bits per heavy atom. The van der Waals surface area contributed by atoms with Crippen molar-refractivity contribution in [2.75, 3.05) is 20.0 Å². The average molecular weight is 535 g/mol. The molecule has 0 radical (unpaired) electrons. The smallest absolute Gasteiger partial charge is 0.267 e. The lowest BCUT2D eigenvalue weighted by molar-refractivity contribution is -0.118. The number of carbonyl (C=O) groups excluding carboxylic acids is 1. The van der Waals surface area contributed by atoms with Crippen LogP contribution in [0.15, 0.2) is 63.6 Å². The summed E-state index contributed by atoms with van der Waals surface area (Å²) in [4.78, 5) is 33.2. The van der Waals surface area contributed by atoms with Crippen molar-refractivity contribution in [3.05, 3.63) is 74.9 Å². The Balaban J connectivity index is 1.39. The maximum atomic E-state index is 13.7. The fourth-order valence-corrected chi connectivity index (χ4v) is 6.47. The molecule has 2 aromatic heterocycles. The first-order chi connectivity index (χ1) is 18.1. The maximum Gasteiger partial charge on any atom is 0.267 e. The SMILES string of the molecule is COc1ccc(OC)c(C=NNC(=O)CSc2nc3sc4c(c3c(=O)n2-c2ccccc2)CCCC4)c1. The molecule has 0 saturated heterocycles. The number of methoxy groups -OCH3 is 2. The molecule has 37 heavy (non-hydrogen) atoms. The summed E-state index contributed by atoms with van der Waals surface area (Å²) in [5.74, 6) is 0.987. The van der Waals surface area contributed by atoms with E-state index in [9.17, 15) is 9.59 Å². The number of fused-ring (bicyclic) bond motifs is 3. The highest BCUT2D eigenvalue weighted by Crippen LogP contribution is 2.35. The first kappa shape index (κ1) is 25.0. The summed E-state index contributed by atoms with van der Waals surface area (Å²) in [5.41, 5.74) is 5.00. The van der Waals surface area contributed by atoms with Crippen molar-refractivity contribution < 1.29 is 14.3 Å². The number of nitrogens with one attached hydrogen (secondary N) is 1. The van der Waals surface area contributed by atoms with Crippen molar-refractivity contribution in [3.63, 3.8) is 0 Å². The van der Waals surface area contributed by atoms with Gasteiger partial charge >= 0.3 is 0 Å². The fraction of sp³-hybridized carbons (Fsp3) is 0.259. The third-order valence-electron chi connectivity index (χ3n) is 6.13. The van der Waals surface area contributed by atoms with E-state index in [1.807, 2.05) is 30.3 Å². The van der Waals surface area contributed by atoms with Gasteiger partial charge in [0.25, 0.3) is 11.5 Å². The van der Waals surface area contributed by atoms with Crippen molar-refractivity contribution in [2.45, 2.75) is 30.8 Å². The summed E-state index contributed by atoms with van der Waals surface area (Å²) in [7, 11) is 3.14. The number of amides is 1. The molecule has 2 aromatic carbocycles. The van der Waals surface area contributed by atoms with Crippen molar-refractivity contribution in [3.8, 4) is 17.2 Å². The number of nitrogens with zero attached hydrogens (tertiary/aromatic N) is 3. The summed E-state index contributed by atoms with van der Waals surface area (Å²) in [6.07, 6.45) is 5.62. The van der Waals surface area contributed by atoms with Crippen LogP contribution < -0.4 is 20.5 Å². The molecule has 0 spiro atoms. The molecule has 0 saturated carbocycles. The average Bonchev–Trinajstić information content (AvgIpc) is 3.31. The number of thiophene rings is 1. The molecule has 0 aliphatic heterocycles. The number of hydrogen-bond donors (Lipinski definition) is 1. The second-order valence-electron chi connectivity index (χ2n) is 8.45. The molecule has 1 amide bonds. The number of benzene rings is 2. The third kappa shape index (κ3) is 5.26. The van der Waals surface area contributed by atoms with Gasteiger partial charge in [0.1, 0.15) is 16.3 Å². The van der Waals surface area contributed by atoms with Crippen LogP contribution in [-0.4, -0.2) is 41.6 Å². The van der Waals surface area contributed by atoms with Gasteiger partial charge in [-0.2, -0.15) is 5.10 Å². The van der Waals surface area contributed by atoms with Gasteiger partial charge in [-0.15, -0.1) is 11.3 Å². The predicted octanol–water partition coefficient (Wildman–Crippen LogP) is 4.59. The molecular formula is C27H26N4O4S2. The third-order valence-corrected chi connectivity index (χ3v) is 8.26. The Bertz CT molecular complexity index is 1530. The molecule has 4 aromatic rings. The number of hydrazone groups is 1. The van der Waals surface area contributed by atoms with Crippen LogP contribution in [0.25, 0.3) is 15.9 Å². The zero-order valence-corrected chi connectivity index (χ0v) is 22.2. The molecule has 10 heteroatoms. The molecule has 1 N–H and O–H groups in total. The second kappa shape index (κ2) is 11.2.